The number of amides is 1. The first kappa shape index (κ1) is 13.5. The first-order valence-corrected chi connectivity index (χ1v) is 6.35. The molecule has 0 aromatic heterocycles. The number of hydrogen-bond acceptors (Lipinski definition) is 3. The van der Waals surface area contributed by atoms with Crippen LogP contribution in [0.1, 0.15) is 39.5 Å². The van der Waals surface area contributed by atoms with Gasteiger partial charge in [-0.15, -0.1) is 0 Å². The Morgan fingerprint density at radius 2 is 2.19 bits per heavy atom. The number of carbonyl (C=O) groups excluding carboxylic acids is 1. The average molecular weight is 228 g/mol. The van der Waals surface area contributed by atoms with E-state index in [1.54, 1.807) is 0 Å². The van der Waals surface area contributed by atoms with Gasteiger partial charge < -0.3 is 10.4 Å². The van der Waals surface area contributed by atoms with Crippen molar-refractivity contribution in [3.8, 4) is 0 Å². The van der Waals surface area contributed by atoms with Crippen molar-refractivity contribution < 1.29 is 9.90 Å². The second-order valence-corrected chi connectivity index (χ2v) is 4.53. The summed E-state index contributed by atoms with van der Waals surface area (Å²) in [4.78, 5) is 13.8. The molecule has 1 amide bonds. The lowest BCUT2D eigenvalue weighted by atomic mass is 10.2. The minimum atomic E-state index is 0.0917. The van der Waals surface area contributed by atoms with Gasteiger partial charge in [-0.2, -0.15) is 0 Å². The van der Waals surface area contributed by atoms with Crippen LogP contribution in [0.25, 0.3) is 0 Å². The van der Waals surface area contributed by atoms with Gasteiger partial charge >= 0.3 is 0 Å². The highest BCUT2D eigenvalue weighted by Crippen LogP contribution is 2.15. The Kier molecular flexibility index (Phi) is 5.77. The summed E-state index contributed by atoms with van der Waals surface area (Å²) in [5.41, 5.74) is 0. The first-order chi connectivity index (χ1) is 7.71. The average Bonchev–Trinajstić information content (AvgIpc) is 2.73. The van der Waals surface area contributed by atoms with Gasteiger partial charge in [0.2, 0.25) is 5.91 Å². The maximum Gasteiger partial charge on any atom is 0.234 e. The van der Waals surface area contributed by atoms with Crippen LogP contribution in [0.15, 0.2) is 0 Å². The summed E-state index contributed by atoms with van der Waals surface area (Å²) in [5.74, 6) is 0.0917. The van der Waals surface area contributed by atoms with Crippen molar-refractivity contribution in [1.29, 1.82) is 0 Å². The zero-order chi connectivity index (χ0) is 12.0. The van der Waals surface area contributed by atoms with Gasteiger partial charge in [-0.05, 0) is 32.2 Å². The Morgan fingerprint density at radius 3 is 2.75 bits per heavy atom. The maximum absolute atomic E-state index is 11.8. The number of hydrogen-bond donors (Lipinski definition) is 2. The van der Waals surface area contributed by atoms with Crippen LogP contribution >= 0.6 is 0 Å². The Morgan fingerprint density at radius 1 is 1.50 bits per heavy atom. The van der Waals surface area contributed by atoms with Gasteiger partial charge in [0, 0.05) is 12.1 Å². The molecule has 0 spiro atoms. The number of rotatable bonds is 6. The van der Waals surface area contributed by atoms with Gasteiger partial charge in [0.15, 0.2) is 0 Å². The molecule has 1 saturated heterocycles. The van der Waals surface area contributed by atoms with Gasteiger partial charge in [0.1, 0.15) is 0 Å². The maximum atomic E-state index is 11.8. The summed E-state index contributed by atoms with van der Waals surface area (Å²) in [7, 11) is 0. The molecule has 4 nitrogen and oxygen atoms in total. The number of aliphatic hydroxyl groups excluding tert-OH is 1. The van der Waals surface area contributed by atoms with E-state index in [2.05, 4.69) is 24.1 Å². The molecule has 0 aliphatic carbocycles. The third-order valence-corrected chi connectivity index (χ3v) is 3.41. The lowest BCUT2D eigenvalue weighted by Gasteiger charge is -2.23. The third kappa shape index (κ3) is 3.76. The van der Waals surface area contributed by atoms with E-state index in [9.17, 15) is 4.79 Å². The molecule has 2 N–H and O–H groups in total. The van der Waals surface area contributed by atoms with E-state index in [0.29, 0.717) is 12.6 Å². The third-order valence-electron chi connectivity index (χ3n) is 3.41. The van der Waals surface area contributed by atoms with Crippen LogP contribution in [-0.4, -0.2) is 47.7 Å². The van der Waals surface area contributed by atoms with Crippen molar-refractivity contribution in [1.82, 2.24) is 10.2 Å². The van der Waals surface area contributed by atoms with Crippen LogP contribution in [-0.2, 0) is 4.79 Å². The molecular weight excluding hydrogens is 204 g/mol. The molecule has 0 radical (unpaired) electrons. The molecule has 16 heavy (non-hydrogen) atoms. The molecule has 94 valence electrons. The summed E-state index contributed by atoms with van der Waals surface area (Å²) in [6.07, 6.45) is 4.05. The molecule has 0 bridgehead atoms. The predicted molar refractivity (Wildman–Crippen MR) is 64.2 cm³/mol. The quantitative estimate of drug-likeness (QED) is 0.705. The molecule has 4 heteroatoms. The Labute approximate surface area is 98.0 Å². The minimum Gasteiger partial charge on any atom is -0.395 e. The topological polar surface area (TPSA) is 52.6 Å². The standard InChI is InChI=1S/C12H24N2O2/c1-3-10(4-2)13-12(16)8-14-7-5-6-11(14)9-15/h10-11,15H,3-9H2,1-2H3,(H,13,16)/t11-/m1/s1. The van der Waals surface area contributed by atoms with Crippen LogP contribution in [0, 0.1) is 0 Å². The fourth-order valence-corrected chi connectivity index (χ4v) is 2.26. The zero-order valence-corrected chi connectivity index (χ0v) is 10.4. The lowest BCUT2D eigenvalue weighted by Crippen LogP contribution is -2.44. The van der Waals surface area contributed by atoms with Crippen molar-refractivity contribution in [2.45, 2.75) is 51.6 Å². The van der Waals surface area contributed by atoms with E-state index in [0.717, 1.165) is 32.2 Å². The van der Waals surface area contributed by atoms with Crippen LogP contribution in [0.2, 0.25) is 0 Å². The van der Waals surface area contributed by atoms with E-state index in [4.69, 9.17) is 5.11 Å². The monoisotopic (exact) mass is 228 g/mol. The molecule has 1 rings (SSSR count). The number of aliphatic hydroxyl groups is 1. The van der Waals surface area contributed by atoms with Gasteiger partial charge in [-0.25, -0.2) is 0 Å². The van der Waals surface area contributed by atoms with Crippen LogP contribution in [0.5, 0.6) is 0 Å². The molecule has 0 unspecified atom stereocenters. The largest absolute Gasteiger partial charge is 0.395 e. The SMILES string of the molecule is CCC(CC)NC(=O)CN1CCC[C@@H]1CO. The summed E-state index contributed by atoms with van der Waals surface area (Å²) in [6, 6.07) is 0.482. The summed E-state index contributed by atoms with van der Waals surface area (Å²) in [6.45, 7) is 5.70. The fraction of sp³-hybridized carbons (Fsp3) is 0.917. The van der Waals surface area contributed by atoms with Gasteiger partial charge in [0.25, 0.3) is 0 Å². The highest BCUT2D eigenvalue weighted by molar-refractivity contribution is 5.78. The van der Waals surface area contributed by atoms with Crippen LogP contribution in [0.4, 0.5) is 0 Å². The first-order valence-electron chi connectivity index (χ1n) is 6.35. The van der Waals surface area contributed by atoms with Crippen molar-refractivity contribution >= 4 is 5.91 Å². The summed E-state index contributed by atoms with van der Waals surface area (Å²) < 4.78 is 0. The molecule has 1 aliphatic rings. The molecule has 0 aromatic rings. The number of likely N-dealkylation sites (tertiary alicyclic amines) is 1. The van der Waals surface area contributed by atoms with Gasteiger partial charge in [0.05, 0.1) is 13.2 Å². The van der Waals surface area contributed by atoms with Crippen molar-refractivity contribution in [3.05, 3.63) is 0 Å². The van der Waals surface area contributed by atoms with E-state index < -0.39 is 0 Å². The Bertz CT molecular complexity index is 217. The molecule has 1 aliphatic heterocycles. The minimum absolute atomic E-state index is 0.0917. The van der Waals surface area contributed by atoms with Gasteiger partial charge in [-0.3, -0.25) is 9.69 Å². The molecule has 1 fully saturated rings. The highest BCUT2D eigenvalue weighted by atomic mass is 16.3. The zero-order valence-electron chi connectivity index (χ0n) is 10.4. The van der Waals surface area contributed by atoms with Crippen molar-refractivity contribution in [3.63, 3.8) is 0 Å². The highest BCUT2D eigenvalue weighted by Gasteiger charge is 2.25. The van der Waals surface area contributed by atoms with Gasteiger partial charge in [-0.1, -0.05) is 13.8 Å². The van der Waals surface area contributed by atoms with E-state index in [1.807, 2.05) is 0 Å². The Hall–Kier alpha value is -0.610. The number of nitrogens with one attached hydrogen (secondary N) is 1. The molecule has 1 heterocycles. The fourth-order valence-electron chi connectivity index (χ4n) is 2.26. The summed E-state index contributed by atoms with van der Waals surface area (Å²) >= 11 is 0. The van der Waals surface area contributed by atoms with Crippen molar-refractivity contribution in [2.24, 2.45) is 0 Å². The second kappa shape index (κ2) is 6.86. The Balaban J connectivity index is 2.33. The molecule has 0 saturated carbocycles. The summed E-state index contributed by atoms with van der Waals surface area (Å²) in [5, 5.41) is 12.2. The smallest absolute Gasteiger partial charge is 0.234 e. The normalized spacial score (nSPS) is 21.6. The number of carbonyl (C=O) groups is 1. The van der Waals surface area contributed by atoms with Crippen molar-refractivity contribution in [2.75, 3.05) is 19.7 Å². The molecular formula is C12H24N2O2. The molecule has 1 atom stereocenters. The van der Waals surface area contributed by atoms with Crippen LogP contribution < -0.4 is 5.32 Å². The predicted octanol–water partition coefficient (Wildman–Crippen LogP) is 0.748. The van der Waals surface area contributed by atoms with E-state index in [-0.39, 0.29) is 18.6 Å². The lowest BCUT2D eigenvalue weighted by molar-refractivity contribution is -0.123. The number of nitrogens with zero attached hydrogens (tertiary/aromatic N) is 1. The van der Waals surface area contributed by atoms with E-state index in [1.165, 1.54) is 0 Å². The molecule has 0 aromatic carbocycles. The second-order valence-electron chi connectivity index (χ2n) is 4.53. The van der Waals surface area contributed by atoms with Crippen LogP contribution in [0.3, 0.4) is 0 Å². The van der Waals surface area contributed by atoms with E-state index >= 15 is 0 Å².